The van der Waals surface area contributed by atoms with E-state index in [-0.39, 0.29) is 0 Å². The molecule has 0 amide bonds. The molecule has 2 heteroatoms. The van der Waals surface area contributed by atoms with Gasteiger partial charge in [-0.15, -0.1) is 0 Å². The maximum atomic E-state index is 6.00. The first-order chi connectivity index (χ1) is 10.1. The van der Waals surface area contributed by atoms with Gasteiger partial charge in [0.25, 0.3) is 0 Å². The Morgan fingerprint density at radius 1 is 1.14 bits per heavy atom. The van der Waals surface area contributed by atoms with Crippen molar-refractivity contribution in [1.82, 2.24) is 5.32 Å². The average molecular weight is 287 g/mol. The van der Waals surface area contributed by atoms with Gasteiger partial charge in [0.05, 0.1) is 6.61 Å². The van der Waals surface area contributed by atoms with E-state index in [4.69, 9.17) is 4.74 Å². The van der Waals surface area contributed by atoms with Gasteiger partial charge in [0.2, 0.25) is 0 Å². The Bertz CT molecular complexity index is 484. The molecule has 1 N–H and O–H groups in total. The molecule has 1 aliphatic heterocycles. The van der Waals surface area contributed by atoms with Crippen LogP contribution in [0.3, 0.4) is 0 Å². The Balaban J connectivity index is 1.78. The van der Waals surface area contributed by atoms with E-state index >= 15 is 0 Å². The number of nitrogens with one attached hydrogen (secondary N) is 1. The first kappa shape index (κ1) is 14.9. The number of para-hydroxylation sites is 1. The van der Waals surface area contributed by atoms with Crippen LogP contribution < -0.4 is 10.1 Å². The summed E-state index contributed by atoms with van der Waals surface area (Å²) in [5.41, 5.74) is 2.64. The third-order valence-electron chi connectivity index (χ3n) is 5.35. The number of rotatable bonds is 2. The van der Waals surface area contributed by atoms with Crippen LogP contribution in [-0.2, 0) is 0 Å². The molecule has 2 nitrogen and oxygen atoms in total. The van der Waals surface area contributed by atoms with Crippen molar-refractivity contribution in [2.75, 3.05) is 6.61 Å². The van der Waals surface area contributed by atoms with Crippen molar-refractivity contribution >= 4 is 0 Å². The molecule has 1 saturated carbocycles. The zero-order valence-corrected chi connectivity index (χ0v) is 13.7. The van der Waals surface area contributed by atoms with Crippen molar-refractivity contribution < 1.29 is 4.74 Å². The Hall–Kier alpha value is -1.02. The van der Waals surface area contributed by atoms with Crippen molar-refractivity contribution in [3.05, 3.63) is 29.3 Å². The lowest BCUT2D eigenvalue weighted by Crippen LogP contribution is -2.41. The molecule has 0 radical (unpaired) electrons. The molecule has 2 aliphatic rings. The maximum Gasteiger partial charge on any atom is 0.126 e. The number of benzene rings is 1. The highest BCUT2D eigenvalue weighted by molar-refractivity contribution is 5.43. The summed E-state index contributed by atoms with van der Waals surface area (Å²) in [6, 6.07) is 7.71. The lowest BCUT2D eigenvalue weighted by Gasteiger charge is -2.36. The minimum absolute atomic E-state index is 0.461. The summed E-state index contributed by atoms with van der Waals surface area (Å²) in [6.45, 7) is 7.82. The van der Waals surface area contributed by atoms with Crippen molar-refractivity contribution in [2.45, 2.75) is 65.0 Å². The summed E-state index contributed by atoms with van der Waals surface area (Å²) < 4.78 is 6.00. The molecule has 3 rings (SSSR count). The summed E-state index contributed by atoms with van der Waals surface area (Å²) in [7, 11) is 0. The SMILES string of the molecule is Cc1cccc2c1OCCCC2NC1CCC(C)CC1C. The van der Waals surface area contributed by atoms with Crippen LogP contribution >= 0.6 is 0 Å². The normalized spacial score (nSPS) is 32.9. The second-order valence-electron chi connectivity index (χ2n) is 7.21. The molecule has 0 aromatic heterocycles. The van der Waals surface area contributed by atoms with Crippen LogP contribution in [0.5, 0.6) is 5.75 Å². The quantitative estimate of drug-likeness (QED) is 0.856. The fourth-order valence-corrected chi connectivity index (χ4v) is 4.11. The fourth-order valence-electron chi connectivity index (χ4n) is 4.11. The highest BCUT2D eigenvalue weighted by Crippen LogP contribution is 2.36. The lowest BCUT2D eigenvalue weighted by molar-refractivity contribution is 0.210. The first-order valence-electron chi connectivity index (χ1n) is 8.63. The minimum atomic E-state index is 0.461. The van der Waals surface area contributed by atoms with Crippen LogP contribution in [0.25, 0.3) is 0 Å². The van der Waals surface area contributed by atoms with Gasteiger partial charge in [0.15, 0.2) is 0 Å². The molecule has 0 saturated heterocycles. The predicted octanol–water partition coefficient (Wildman–Crippen LogP) is 4.62. The zero-order valence-electron chi connectivity index (χ0n) is 13.7. The molecule has 1 fully saturated rings. The molecular weight excluding hydrogens is 258 g/mol. The summed E-state index contributed by atoms with van der Waals surface area (Å²) >= 11 is 0. The van der Waals surface area contributed by atoms with Crippen LogP contribution in [0.4, 0.5) is 0 Å². The summed E-state index contributed by atoms with van der Waals surface area (Å²) in [6.07, 6.45) is 6.38. The van der Waals surface area contributed by atoms with Gasteiger partial charge in [0, 0.05) is 17.6 Å². The largest absolute Gasteiger partial charge is 0.493 e. The highest BCUT2D eigenvalue weighted by atomic mass is 16.5. The van der Waals surface area contributed by atoms with Gasteiger partial charge in [0.1, 0.15) is 5.75 Å². The van der Waals surface area contributed by atoms with Crippen LogP contribution in [0, 0.1) is 18.8 Å². The maximum absolute atomic E-state index is 6.00. The van der Waals surface area contributed by atoms with E-state index in [0.29, 0.717) is 12.1 Å². The van der Waals surface area contributed by atoms with Gasteiger partial charge < -0.3 is 10.1 Å². The third-order valence-corrected chi connectivity index (χ3v) is 5.35. The fraction of sp³-hybridized carbons (Fsp3) is 0.684. The van der Waals surface area contributed by atoms with Gasteiger partial charge >= 0.3 is 0 Å². The van der Waals surface area contributed by atoms with Crippen molar-refractivity contribution in [3.8, 4) is 5.75 Å². The number of hydrogen-bond acceptors (Lipinski definition) is 2. The number of hydrogen-bond donors (Lipinski definition) is 1. The number of aryl methyl sites for hydroxylation is 1. The Kier molecular flexibility index (Phi) is 4.54. The molecule has 1 aromatic rings. The summed E-state index contributed by atoms with van der Waals surface area (Å²) in [4.78, 5) is 0. The van der Waals surface area contributed by atoms with E-state index in [1.165, 1.54) is 36.8 Å². The third kappa shape index (κ3) is 3.26. The minimum Gasteiger partial charge on any atom is -0.493 e. The second kappa shape index (κ2) is 6.39. The Morgan fingerprint density at radius 3 is 2.81 bits per heavy atom. The molecule has 4 unspecified atom stereocenters. The van der Waals surface area contributed by atoms with Crippen molar-refractivity contribution in [1.29, 1.82) is 0 Å². The highest BCUT2D eigenvalue weighted by Gasteiger charge is 2.29. The topological polar surface area (TPSA) is 21.3 Å². The average Bonchev–Trinajstić information content (AvgIpc) is 2.66. The van der Waals surface area contributed by atoms with Crippen molar-refractivity contribution in [3.63, 3.8) is 0 Å². The second-order valence-corrected chi connectivity index (χ2v) is 7.21. The van der Waals surface area contributed by atoms with Crippen LogP contribution in [0.2, 0.25) is 0 Å². The van der Waals surface area contributed by atoms with Gasteiger partial charge in [-0.2, -0.15) is 0 Å². The molecule has 0 bridgehead atoms. The molecule has 116 valence electrons. The van der Waals surface area contributed by atoms with E-state index in [1.807, 2.05) is 0 Å². The lowest BCUT2D eigenvalue weighted by atomic mass is 9.79. The summed E-state index contributed by atoms with van der Waals surface area (Å²) in [5, 5.41) is 3.97. The van der Waals surface area contributed by atoms with Gasteiger partial charge in [-0.1, -0.05) is 32.0 Å². The Morgan fingerprint density at radius 2 is 2.00 bits per heavy atom. The molecule has 21 heavy (non-hydrogen) atoms. The van der Waals surface area contributed by atoms with E-state index in [0.717, 1.165) is 30.6 Å². The van der Waals surface area contributed by atoms with E-state index in [9.17, 15) is 0 Å². The standard InChI is InChI=1S/C19H29NO/c1-13-9-10-17(15(3)12-13)20-18-8-5-11-21-19-14(2)6-4-7-16(18)19/h4,6-7,13,15,17-18,20H,5,8-12H2,1-3H3. The van der Waals surface area contributed by atoms with Crippen LogP contribution in [0.15, 0.2) is 18.2 Å². The molecule has 1 heterocycles. The van der Waals surface area contributed by atoms with Gasteiger partial charge in [-0.05, 0) is 56.4 Å². The van der Waals surface area contributed by atoms with Gasteiger partial charge in [-0.3, -0.25) is 0 Å². The smallest absolute Gasteiger partial charge is 0.126 e. The molecule has 1 aromatic carbocycles. The molecule has 4 atom stereocenters. The molecule has 1 aliphatic carbocycles. The Labute approximate surface area is 129 Å². The zero-order chi connectivity index (χ0) is 14.8. The number of ether oxygens (including phenoxy) is 1. The molecule has 0 spiro atoms. The monoisotopic (exact) mass is 287 g/mol. The van der Waals surface area contributed by atoms with Crippen molar-refractivity contribution in [2.24, 2.45) is 11.8 Å². The van der Waals surface area contributed by atoms with E-state index in [1.54, 1.807) is 0 Å². The van der Waals surface area contributed by atoms with E-state index in [2.05, 4.69) is 44.3 Å². The van der Waals surface area contributed by atoms with Crippen LogP contribution in [-0.4, -0.2) is 12.6 Å². The van der Waals surface area contributed by atoms with Crippen LogP contribution in [0.1, 0.15) is 63.1 Å². The summed E-state index contributed by atoms with van der Waals surface area (Å²) in [5.74, 6) is 2.81. The van der Waals surface area contributed by atoms with Gasteiger partial charge in [-0.25, -0.2) is 0 Å². The van der Waals surface area contributed by atoms with E-state index < -0.39 is 0 Å². The number of fused-ring (bicyclic) bond motifs is 1. The molecular formula is C19H29NO. The predicted molar refractivity (Wildman–Crippen MR) is 87.8 cm³/mol. The first-order valence-corrected chi connectivity index (χ1v) is 8.63.